The minimum atomic E-state index is -0.579. The number of rotatable bonds is 6. The zero-order valence-electron chi connectivity index (χ0n) is 14.1. The summed E-state index contributed by atoms with van der Waals surface area (Å²) < 4.78 is 6.61. The highest BCUT2D eigenvalue weighted by atomic mass is 16.5. The molecule has 126 valence electrons. The van der Waals surface area contributed by atoms with Crippen LogP contribution in [0.3, 0.4) is 0 Å². The molecule has 6 heteroatoms. The number of aromatic nitrogens is 3. The number of ether oxygens (including phenoxy) is 1. The van der Waals surface area contributed by atoms with Crippen molar-refractivity contribution in [2.75, 3.05) is 6.61 Å². The van der Waals surface area contributed by atoms with E-state index in [9.17, 15) is 9.59 Å². The predicted octanol–water partition coefficient (Wildman–Crippen LogP) is 2.50. The molecule has 6 nitrogen and oxygen atoms in total. The van der Waals surface area contributed by atoms with Crippen LogP contribution in [0.25, 0.3) is 6.08 Å². The number of carbonyl (C=O) groups is 2. The van der Waals surface area contributed by atoms with E-state index >= 15 is 0 Å². The lowest BCUT2D eigenvalue weighted by Crippen LogP contribution is -2.25. The maximum atomic E-state index is 11.7. The molecule has 0 saturated heterocycles. The molecule has 0 aliphatic heterocycles. The normalized spacial score (nSPS) is 11.6. The van der Waals surface area contributed by atoms with Gasteiger partial charge in [0.1, 0.15) is 5.69 Å². The second-order valence-electron chi connectivity index (χ2n) is 6.44. The number of Topliss-reactive ketones (excluding diaryl/α,β-unsaturated/α-hetero) is 1. The van der Waals surface area contributed by atoms with E-state index in [1.54, 1.807) is 31.6 Å². The first kappa shape index (κ1) is 17.6. The van der Waals surface area contributed by atoms with Gasteiger partial charge in [0.15, 0.2) is 12.4 Å². The fourth-order valence-electron chi connectivity index (χ4n) is 1.79. The van der Waals surface area contributed by atoms with Crippen molar-refractivity contribution in [2.24, 2.45) is 5.41 Å². The summed E-state index contributed by atoms with van der Waals surface area (Å²) in [5.41, 5.74) is 1.13. The Hall–Kier alpha value is -2.76. The van der Waals surface area contributed by atoms with E-state index in [1.807, 2.05) is 30.3 Å². The SMILES string of the molecule is CC(C)(C)C(=O)COC(=O)/C=C/c1cn(Cc2ccccc2)nn1. The van der Waals surface area contributed by atoms with E-state index in [1.165, 1.54) is 12.2 Å². The minimum Gasteiger partial charge on any atom is -0.455 e. The smallest absolute Gasteiger partial charge is 0.331 e. The summed E-state index contributed by atoms with van der Waals surface area (Å²) in [5, 5.41) is 7.98. The molecule has 2 rings (SSSR count). The number of carbonyl (C=O) groups excluding carboxylic acids is 2. The van der Waals surface area contributed by atoms with Crippen molar-refractivity contribution in [1.29, 1.82) is 0 Å². The molecule has 0 unspecified atom stereocenters. The Balaban J connectivity index is 1.86. The molecule has 0 N–H and O–H groups in total. The first-order valence-electron chi connectivity index (χ1n) is 7.67. The second kappa shape index (κ2) is 7.68. The maximum Gasteiger partial charge on any atom is 0.331 e. The average Bonchev–Trinajstić information content (AvgIpc) is 2.98. The van der Waals surface area contributed by atoms with E-state index in [0.717, 1.165) is 5.56 Å². The summed E-state index contributed by atoms with van der Waals surface area (Å²) in [5.74, 6) is -0.705. The number of nitrogens with zero attached hydrogens (tertiary/aromatic N) is 3. The number of hydrogen-bond acceptors (Lipinski definition) is 5. The van der Waals surface area contributed by atoms with Crippen molar-refractivity contribution < 1.29 is 14.3 Å². The van der Waals surface area contributed by atoms with E-state index < -0.39 is 11.4 Å². The van der Waals surface area contributed by atoms with Crippen LogP contribution < -0.4 is 0 Å². The molecule has 0 amide bonds. The van der Waals surface area contributed by atoms with Crippen molar-refractivity contribution in [3.8, 4) is 0 Å². The summed E-state index contributed by atoms with van der Waals surface area (Å²) in [7, 11) is 0. The molecule has 2 aromatic rings. The van der Waals surface area contributed by atoms with Crippen LogP contribution in [-0.2, 0) is 20.9 Å². The monoisotopic (exact) mass is 327 g/mol. The Morgan fingerprint density at radius 2 is 1.92 bits per heavy atom. The molecule has 24 heavy (non-hydrogen) atoms. The summed E-state index contributed by atoms with van der Waals surface area (Å²) in [6.07, 6.45) is 4.49. The van der Waals surface area contributed by atoms with Gasteiger partial charge < -0.3 is 4.74 Å². The Labute approximate surface area is 141 Å². The highest BCUT2D eigenvalue weighted by Gasteiger charge is 2.21. The number of hydrogen-bond donors (Lipinski definition) is 0. The zero-order valence-corrected chi connectivity index (χ0v) is 14.1. The third-order valence-corrected chi connectivity index (χ3v) is 3.32. The fraction of sp³-hybridized carbons (Fsp3) is 0.333. The van der Waals surface area contributed by atoms with E-state index in [-0.39, 0.29) is 12.4 Å². The van der Waals surface area contributed by atoms with Gasteiger partial charge in [-0.1, -0.05) is 56.3 Å². The van der Waals surface area contributed by atoms with Crippen molar-refractivity contribution >= 4 is 17.8 Å². The van der Waals surface area contributed by atoms with Crippen molar-refractivity contribution in [1.82, 2.24) is 15.0 Å². The molecule has 0 aliphatic carbocycles. The molecule has 0 radical (unpaired) electrons. The van der Waals surface area contributed by atoms with Gasteiger partial charge >= 0.3 is 5.97 Å². The molecule has 1 aromatic heterocycles. The van der Waals surface area contributed by atoms with Crippen LogP contribution in [0.5, 0.6) is 0 Å². The van der Waals surface area contributed by atoms with Crippen LogP contribution in [0, 0.1) is 5.41 Å². The molecule has 0 bridgehead atoms. The van der Waals surface area contributed by atoms with Crippen LogP contribution in [0.15, 0.2) is 42.6 Å². The molecule has 0 saturated carbocycles. The number of ketones is 1. The predicted molar refractivity (Wildman–Crippen MR) is 90.0 cm³/mol. The highest BCUT2D eigenvalue weighted by Crippen LogP contribution is 2.14. The summed E-state index contributed by atoms with van der Waals surface area (Å²) in [6, 6.07) is 9.88. The van der Waals surface area contributed by atoms with Crippen LogP contribution in [-0.4, -0.2) is 33.4 Å². The summed E-state index contributed by atoms with van der Waals surface area (Å²) >= 11 is 0. The molecule has 1 heterocycles. The zero-order chi connectivity index (χ0) is 17.6. The van der Waals surface area contributed by atoms with Gasteiger partial charge in [0.05, 0.1) is 12.7 Å². The standard InChI is InChI=1S/C18H21N3O3/c1-18(2,3)16(22)13-24-17(23)10-9-15-12-21(20-19-15)11-14-7-5-4-6-8-14/h4-10,12H,11,13H2,1-3H3/b10-9+. The van der Waals surface area contributed by atoms with E-state index in [0.29, 0.717) is 12.2 Å². The number of esters is 1. The Bertz CT molecular complexity index is 727. The highest BCUT2D eigenvalue weighted by molar-refractivity contribution is 5.90. The minimum absolute atomic E-state index is 0.127. The lowest BCUT2D eigenvalue weighted by molar-refractivity contribution is -0.145. The van der Waals surface area contributed by atoms with Gasteiger partial charge in [-0.3, -0.25) is 4.79 Å². The molecular weight excluding hydrogens is 306 g/mol. The lowest BCUT2D eigenvalue weighted by atomic mass is 9.91. The Morgan fingerprint density at radius 3 is 2.58 bits per heavy atom. The van der Waals surface area contributed by atoms with Gasteiger partial charge in [-0.15, -0.1) is 5.10 Å². The van der Waals surface area contributed by atoms with Gasteiger partial charge in [-0.05, 0) is 11.6 Å². The van der Waals surface area contributed by atoms with Crippen molar-refractivity contribution in [3.63, 3.8) is 0 Å². The van der Waals surface area contributed by atoms with Gasteiger partial charge in [0.25, 0.3) is 0 Å². The average molecular weight is 327 g/mol. The van der Waals surface area contributed by atoms with Gasteiger partial charge in [-0.25, -0.2) is 9.48 Å². The third kappa shape index (κ3) is 5.46. The fourth-order valence-corrected chi connectivity index (χ4v) is 1.79. The van der Waals surface area contributed by atoms with Crippen LogP contribution in [0.4, 0.5) is 0 Å². The van der Waals surface area contributed by atoms with Gasteiger partial charge in [0, 0.05) is 11.5 Å². The summed E-state index contributed by atoms with van der Waals surface area (Å²) in [4.78, 5) is 23.3. The molecule has 0 atom stereocenters. The topological polar surface area (TPSA) is 74.1 Å². The molecular formula is C18H21N3O3. The first-order valence-corrected chi connectivity index (χ1v) is 7.67. The Kier molecular flexibility index (Phi) is 5.63. The van der Waals surface area contributed by atoms with Crippen molar-refractivity contribution in [3.05, 3.63) is 53.9 Å². The first-order chi connectivity index (χ1) is 11.3. The summed E-state index contributed by atoms with van der Waals surface area (Å²) in [6.45, 7) is 5.72. The molecule has 0 fully saturated rings. The second-order valence-corrected chi connectivity index (χ2v) is 6.44. The van der Waals surface area contributed by atoms with Crippen LogP contribution in [0.2, 0.25) is 0 Å². The van der Waals surface area contributed by atoms with E-state index in [2.05, 4.69) is 10.3 Å². The maximum absolute atomic E-state index is 11.7. The van der Waals surface area contributed by atoms with Gasteiger partial charge in [0.2, 0.25) is 0 Å². The molecule has 0 spiro atoms. The Morgan fingerprint density at radius 1 is 1.21 bits per heavy atom. The molecule has 1 aromatic carbocycles. The van der Waals surface area contributed by atoms with Crippen LogP contribution in [0.1, 0.15) is 32.0 Å². The number of benzene rings is 1. The van der Waals surface area contributed by atoms with E-state index in [4.69, 9.17) is 4.74 Å². The molecule has 0 aliphatic rings. The third-order valence-electron chi connectivity index (χ3n) is 3.32. The van der Waals surface area contributed by atoms with Crippen LogP contribution >= 0.6 is 0 Å². The van der Waals surface area contributed by atoms with Gasteiger partial charge in [-0.2, -0.15) is 0 Å². The van der Waals surface area contributed by atoms with Crippen molar-refractivity contribution in [2.45, 2.75) is 27.3 Å². The largest absolute Gasteiger partial charge is 0.455 e. The lowest BCUT2D eigenvalue weighted by Gasteiger charge is -2.15. The quantitative estimate of drug-likeness (QED) is 0.602.